The molecule has 1 aromatic carbocycles. The zero-order valence-electron chi connectivity index (χ0n) is 10.6. The quantitative estimate of drug-likeness (QED) is 0.908. The molecule has 112 valence electrons. The summed E-state index contributed by atoms with van der Waals surface area (Å²) in [5, 5.41) is 12.5. The monoisotopic (exact) mass is 317 g/mol. The van der Waals surface area contributed by atoms with Crippen LogP contribution in [0.3, 0.4) is 0 Å². The average molecular weight is 318 g/mol. The van der Waals surface area contributed by atoms with E-state index in [0.717, 1.165) is 12.3 Å². The fourth-order valence-corrected chi connectivity index (χ4v) is 1.80. The van der Waals surface area contributed by atoms with Crippen LogP contribution in [0.1, 0.15) is 17.3 Å². The molecule has 1 unspecified atom stereocenters. The number of hydrogen-bond donors (Lipinski definition) is 2. The minimum Gasteiger partial charge on any atom is -0.394 e. The Labute approximate surface area is 123 Å². The number of halogens is 4. The van der Waals surface area contributed by atoms with E-state index in [0.29, 0.717) is 10.6 Å². The molecule has 0 bridgehead atoms. The van der Waals surface area contributed by atoms with Crippen molar-refractivity contribution in [2.24, 2.45) is 0 Å². The van der Waals surface area contributed by atoms with Crippen molar-refractivity contribution >= 4 is 17.5 Å². The van der Waals surface area contributed by atoms with Crippen LogP contribution in [-0.2, 0) is 6.18 Å². The van der Waals surface area contributed by atoms with E-state index in [4.69, 9.17) is 11.6 Å². The average Bonchev–Trinajstić information content (AvgIpc) is 2.45. The van der Waals surface area contributed by atoms with Gasteiger partial charge in [0.25, 0.3) is 0 Å². The normalized spacial score (nSPS) is 13.0. The van der Waals surface area contributed by atoms with E-state index in [1.54, 1.807) is 24.3 Å². The van der Waals surface area contributed by atoms with Crippen LogP contribution in [0.2, 0.25) is 5.02 Å². The second-order valence-electron chi connectivity index (χ2n) is 4.19. The molecule has 1 heterocycles. The van der Waals surface area contributed by atoms with Crippen molar-refractivity contribution < 1.29 is 18.3 Å². The number of alkyl halides is 3. The summed E-state index contributed by atoms with van der Waals surface area (Å²) in [6.45, 7) is -0.332. The predicted molar refractivity (Wildman–Crippen MR) is 71.9 cm³/mol. The van der Waals surface area contributed by atoms with Gasteiger partial charge in [0.05, 0.1) is 12.6 Å². The molecule has 21 heavy (non-hydrogen) atoms. The molecule has 0 radical (unpaired) electrons. The lowest BCUT2D eigenvalue weighted by Crippen LogP contribution is -2.18. The van der Waals surface area contributed by atoms with E-state index in [1.165, 1.54) is 0 Å². The fraction of sp³-hybridized carbons (Fsp3) is 0.231. The van der Waals surface area contributed by atoms with Gasteiger partial charge >= 0.3 is 6.18 Å². The molecule has 2 rings (SSSR count). The number of aliphatic hydroxyl groups excluding tert-OH is 1. The number of rotatable bonds is 4. The van der Waals surface area contributed by atoms with Crippen LogP contribution in [0.15, 0.2) is 36.5 Å². The van der Waals surface area contributed by atoms with Gasteiger partial charge in [0.2, 0.25) is 5.95 Å². The number of anilines is 1. The summed E-state index contributed by atoms with van der Waals surface area (Å²) in [6.07, 6.45) is -3.54. The zero-order chi connectivity index (χ0) is 15.5. The fourth-order valence-electron chi connectivity index (χ4n) is 1.67. The number of benzene rings is 1. The molecule has 4 nitrogen and oxygen atoms in total. The summed E-state index contributed by atoms with van der Waals surface area (Å²) in [4.78, 5) is 7.11. The number of aliphatic hydroxyl groups is 1. The van der Waals surface area contributed by atoms with Gasteiger partial charge in [-0.3, -0.25) is 0 Å². The molecule has 0 fully saturated rings. The van der Waals surface area contributed by atoms with Crippen molar-refractivity contribution in [2.45, 2.75) is 12.2 Å². The first-order chi connectivity index (χ1) is 9.90. The molecule has 2 N–H and O–H groups in total. The molecule has 0 aliphatic rings. The zero-order valence-corrected chi connectivity index (χ0v) is 11.4. The summed E-state index contributed by atoms with van der Waals surface area (Å²) in [7, 11) is 0. The molecular weight excluding hydrogens is 307 g/mol. The van der Waals surface area contributed by atoms with Crippen LogP contribution in [0.5, 0.6) is 0 Å². The lowest BCUT2D eigenvalue weighted by atomic mass is 10.1. The smallest absolute Gasteiger partial charge is 0.394 e. The van der Waals surface area contributed by atoms with Crippen LogP contribution in [0.4, 0.5) is 19.1 Å². The van der Waals surface area contributed by atoms with E-state index in [1.807, 2.05) is 0 Å². The van der Waals surface area contributed by atoms with E-state index >= 15 is 0 Å². The van der Waals surface area contributed by atoms with E-state index in [2.05, 4.69) is 15.3 Å². The van der Waals surface area contributed by atoms with Crippen molar-refractivity contribution in [1.29, 1.82) is 0 Å². The summed E-state index contributed by atoms with van der Waals surface area (Å²) < 4.78 is 37.7. The topological polar surface area (TPSA) is 58.0 Å². The maximum Gasteiger partial charge on any atom is 0.433 e. The van der Waals surface area contributed by atoms with Gasteiger partial charge in [-0.05, 0) is 23.8 Å². The molecule has 1 aromatic heterocycles. The molecule has 0 spiro atoms. The predicted octanol–water partition coefficient (Wildman–Crippen LogP) is 3.29. The first-order valence-electron chi connectivity index (χ1n) is 5.93. The Bertz CT molecular complexity index is 604. The van der Waals surface area contributed by atoms with E-state index in [9.17, 15) is 18.3 Å². The molecule has 0 aliphatic heterocycles. The highest BCUT2D eigenvalue weighted by molar-refractivity contribution is 6.30. The third-order valence-electron chi connectivity index (χ3n) is 2.70. The highest BCUT2D eigenvalue weighted by atomic mass is 35.5. The second kappa shape index (κ2) is 6.28. The summed E-state index contributed by atoms with van der Waals surface area (Å²) in [6, 6.07) is 6.70. The number of hydrogen-bond acceptors (Lipinski definition) is 4. The van der Waals surface area contributed by atoms with Crippen molar-refractivity contribution in [3.05, 3.63) is 52.8 Å². The van der Waals surface area contributed by atoms with Gasteiger partial charge in [0.15, 0.2) is 0 Å². The largest absolute Gasteiger partial charge is 0.433 e. The van der Waals surface area contributed by atoms with Gasteiger partial charge in [-0.1, -0.05) is 23.7 Å². The first kappa shape index (κ1) is 15.5. The molecule has 2 aromatic rings. The summed E-state index contributed by atoms with van der Waals surface area (Å²) >= 11 is 5.76. The van der Waals surface area contributed by atoms with Gasteiger partial charge < -0.3 is 10.4 Å². The summed E-state index contributed by atoms with van der Waals surface area (Å²) in [5.41, 5.74) is -0.393. The van der Waals surface area contributed by atoms with Gasteiger partial charge in [-0.25, -0.2) is 9.97 Å². The van der Waals surface area contributed by atoms with Crippen molar-refractivity contribution in [2.75, 3.05) is 11.9 Å². The maximum absolute atomic E-state index is 12.6. The Hall–Kier alpha value is -1.86. The first-order valence-corrected chi connectivity index (χ1v) is 6.31. The van der Waals surface area contributed by atoms with Crippen LogP contribution < -0.4 is 5.32 Å². The van der Waals surface area contributed by atoms with Gasteiger partial charge in [-0.15, -0.1) is 0 Å². The number of nitrogens with one attached hydrogen (secondary N) is 1. The SMILES string of the molecule is OCC(Nc1nccc(C(F)(F)F)n1)c1ccc(Cl)cc1. The number of nitrogens with zero attached hydrogens (tertiary/aromatic N) is 2. The third kappa shape index (κ3) is 4.05. The number of aromatic nitrogens is 2. The Kier molecular flexibility index (Phi) is 4.64. The van der Waals surface area contributed by atoms with Crippen LogP contribution in [-0.4, -0.2) is 21.7 Å². The minimum absolute atomic E-state index is 0.209. The second-order valence-corrected chi connectivity index (χ2v) is 4.63. The van der Waals surface area contributed by atoms with Crippen molar-refractivity contribution in [3.8, 4) is 0 Å². The maximum atomic E-state index is 12.6. The van der Waals surface area contributed by atoms with Crippen LogP contribution in [0.25, 0.3) is 0 Å². The summed E-state index contributed by atoms with van der Waals surface area (Å²) in [5.74, 6) is -0.209. The van der Waals surface area contributed by atoms with Gasteiger partial charge in [0, 0.05) is 11.2 Å². The molecule has 1 atom stereocenters. The molecule has 0 amide bonds. The van der Waals surface area contributed by atoms with Crippen molar-refractivity contribution in [3.63, 3.8) is 0 Å². The van der Waals surface area contributed by atoms with E-state index < -0.39 is 17.9 Å². The highest BCUT2D eigenvalue weighted by Gasteiger charge is 2.32. The van der Waals surface area contributed by atoms with Crippen LogP contribution >= 0.6 is 11.6 Å². The van der Waals surface area contributed by atoms with Gasteiger partial charge in [-0.2, -0.15) is 13.2 Å². The molecular formula is C13H11ClF3N3O. The van der Waals surface area contributed by atoms with Crippen molar-refractivity contribution in [1.82, 2.24) is 9.97 Å². The third-order valence-corrected chi connectivity index (χ3v) is 2.96. The molecule has 0 aliphatic carbocycles. The standard InChI is InChI=1S/C13H11ClF3N3O/c14-9-3-1-8(2-4-9)10(7-21)19-12-18-6-5-11(20-12)13(15,16)17/h1-6,10,21H,7H2,(H,18,19,20). The Balaban J connectivity index is 2.21. The Morgan fingerprint density at radius 3 is 2.43 bits per heavy atom. The molecule has 0 saturated carbocycles. The Morgan fingerprint density at radius 1 is 1.19 bits per heavy atom. The lowest BCUT2D eigenvalue weighted by molar-refractivity contribution is -0.141. The lowest BCUT2D eigenvalue weighted by Gasteiger charge is -2.17. The molecule has 0 saturated heterocycles. The van der Waals surface area contributed by atoms with Crippen LogP contribution in [0, 0.1) is 0 Å². The molecule has 8 heteroatoms. The minimum atomic E-state index is -4.55. The van der Waals surface area contributed by atoms with Gasteiger partial charge in [0.1, 0.15) is 5.69 Å². The van der Waals surface area contributed by atoms with E-state index in [-0.39, 0.29) is 12.6 Å². The highest BCUT2D eigenvalue weighted by Crippen LogP contribution is 2.28. The Morgan fingerprint density at radius 2 is 1.86 bits per heavy atom.